The molecule has 156 valence electrons. The van der Waals surface area contributed by atoms with Crippen LogP contribution in [0, 0.1) is 5.92 Å². The predicted octanol–water partition coefficient (Wildman–Crippen LogP) is 4.04. The van der Waals surface area contributed by atoms with E-state index in [1.807, 2.05) is 23.1 Å². The minimum Gasteiger partial charge on any atom is -0.493 e. The van der Waals surface area contributed by atoms with Gasteiger partial charge in [-0.1, -0.05) is 24.4 Å². The summed E-state index contributed by atoms with van der Waals surface area (Å²) in [7, 11) is 3.21. The van der Waals surface area contributed by atoms with Gasteiger partial charge in [0.2, 0.25) is 17.6 Å². The molecule has 2 aliphatic rings. The predicted molar refractivity (Wildman–Crippen MR) is 108 cm³/mol. The lowest BCUT2D eigenvalue weighted by Crippen LogP contribution is -2.42. The highest BCUT2D eigenvalue weighted by atomic mass is 16.5. The van der Waals surface area contributed by atoms with Crippen molar-refractivity contribution >= 4 is 5.91 Å². The molecule has 7 nitrogen and oxygen atoms in total. The lowest BCUT2D eigenvalue weighted by Gasteiger charge is -2.34. The maximum atomic E-state index is 12.9. The molecule has 2 fully saturated rings. The molecule has 0 radical (unpaired) electrons. The quantitative estimate of drug-likeness (QED) is 0.755. The van der Waals surface area contributed by atoms with Gasteiger partial charge in [-0.3, -0.25) is 4.79 Å². The number of benzene rings is 1. The third-order valence-electron chi connectivity index (χ3n) is 6.12. The molecule has 4 rings (SSSR count). The molecule has 0 spiro atoms. The fraction of sp³-hybridized carbons (Fsp3) is 0.591. The van der Waals surface area contributed by atoms with Crippen LogP contribution in [0.2, 0.25) is 0 Å². The number of carbonyl (C=O) groups excluding carboxylic acids is 1. The van der Waals surface area contributed by atoms with Gasteiger partial charge in [-0.15, -0.1) is 0 Å². The van der Waals surface area contributed by atoms with Gasteiger partial charge < -0.3 is 18.9 Å². The van der Waals surface area contributed by atoms with Crippen LogP contribution < -0.4 is 9.47 Å². The van der Waals surface area contributed by atoms with Crippen LogP contribution >= 0.6 is 0 Å². The molecular weight excluding hydrogens is 370 g/mol. The van der Waals surface area contributed by atoms with E-state index in [4.69, 9.17) is 14.0 Å². The molecule has 2 aromatic rings. The van der Waals surface area contributed by atoms with Gasteiger partial charge in [0, 0.05) is 24.6 Å². The lowest BCUT2D eigenvalue weighted by molar-refractivity contribution is -0.137. The number of ether oxygens (including phenoxy) is 2. The normalized spacial score (nSPS) is 20.5. The van der Waals surface area contributed by atoms with Gasteiger partial charge >= 0.3 is 0 Å². The van der Waals surface area contributed by atoms with Crippen LogP contribution in [0.15, 0.2) is 22.7 Å². The second-order valence-corrected chi connectivity index (χ2v) is 7.98. The number of aromatic nitrogens is 2. The third-order valence-corrected chi connectivity index (χ3v) is 6.12. The summed E-state index contributed by atoms with van der Waals surface area (Å²) in [5.74, 6) is 3.02. The van der Waals surface area contributed by atoms with Crippen molar-refractivity contribution in [3.8, 4) is 22.9 Å². The van der Waals surface area contributed by atoms with Crippen molar-refractivity contribution in [2.45, 2.75) is 50.9 Å². The molecule has 1 aliphatic carbocycles. The molecule has 0 N–H and O–H groups in total. The Morgan fingerprint density at radius 1 is 1.07 bits per heavy atom. The van der Waals surface area contributed by atoms with E-state index in [1.165, 1.54) is 19.3 Å². The average molecular weight is 399 g/mol. The summed E-state index contributed by atoms with van der Waals surface area (Å²) in [6.07, 6.45) is 7.60. The van der Waals surface area contributed by atoms with Crippen molar-refractivity contribution in [2.24, 2.45) is 5.92 Å². The number of nitrogens with zero attached hydrogens (tertiary/aromatic N) is 3. The summed E-state index contributed by atoms with van der Waals surface area (Å²) in [6.45, 7) is 1.51. The summed E-state index contributed by atoms with van der Waals surface area (Å²) < 4.78 is 16.2. The molecule has 1 atom stereocenters. The number of carbonyl (C=O) groups is 1. The molecule has 2 heterocycles. The molecular formula is C22H29N3O4. The second kappa shape index (κ2) is 8.84. The van der Waals surface area contributed by atoms with E-state index in [0.29, 0.717) is 35.7 Å². The molecule has 29 heavy (non-hydrogen) atoms. The van der Waals surface area contributed by atoms with Gasteiger partial charge in [-0.25, -0.2) is 0 Å². The van der Waals surface area contributed by atoms with Crippen molar-refractivity contribution in [3.05, 3.63) is 24.1 Å². The lowest BCUT2D eigenvalue weighted by atomic mass is 9.87. The topological polar surface area (TPSA) is 77.7 Å². The molecule has 1 amide bonds. The Balaban J connectivity index is 1.47. The first-order valence-electron chi connectivity index (χ1n) is 10.5. The molecule has 0 bridgehead atoms. The highest BCUT2D eigenvalue weighted by Gasteiger charge is 2.32. The SMILES string of the molecule is COc1ccc(-c2noc(C3CCCN(C(=O)C4CCCCC4)C3)n2)cc1OC. The largest absolute Gasteiger partial charge is 0.493 e. The molecule has 1 saturated heterocycles. The van der Waals surface area contributed by atoms with Crippen LogP contribution in [0.5, 0.6) is 11.5 Å². The van der Waals surface area contributed by atoms with Crippen LogP contribution in [0.3, 0.4) is 0 Å². The number of amides is 1. The molecule has 1 saturated carbocycles. The van der Waals surface area contributed by atoms with E-state index < -0.39 is 0 Å². The van der Waals surface area contributed by atoms with Gasteiger partial charge in [0.05, 0.1) is 20.1 Å². The van der Waals surface area contributed by atoms with Gasteiger partial charge in [0.25, 0.3) is 0 Å². The second-order valence-electron chi connectivity index (χ2n) is 7.98. The summed E-state index contributed by atoms with van der Waals surface area (Å²) >= 11 is 0. The number of hydrogen-bond donors (Lipinski definition) is 0. The van der Waals surface area contributed by atoms with Gasteiger partial charge in [-0.2, -0.15) is 4.98 Å². The Kier molecular flexibility index (Phi) is 6.02. The van der Waals surface area contributed by atoms with Gasteiger partial charge in [0.15, 0.2) is 11.5 Å². The molecule has 1 aromatic carbocycles. The smallest absolute Gasteiger partial charge is 0.231 e. The maximum Gasteiger partial charge on any atom is 0.231 e. The van der Waals surface area contributed by atoms with E-state index in [-0.39, 0.29) is 11.8 Å². The van der Waals surface area contributed by atoms with Crippen molar-refractivity contribution in [1.82, 2.24) is 15.0 Å². The highest BCUT2D eigenvalue weighted by Crippen LogP contribution is 2.33. The standard InChI is InChI=1S/C22H29N3O4/c1-27-18-11-10-16(13-19(18)28-2)20-23-21(29-24-20)17-9-6-12-25(14-17)22(26)15-7-4-3-5-8-15/h10-11,13,15,17H,3-9,12,14H2,1-2H3. The van der Waals surface area contributed by atoms with Crippen LogP contribution in [-0.4, -0.2) is 48.3 Å². The minimum atomic E-state index is 0.0951. The summed E-state index contributed by atoms with van der Waals surface area (Å²) in [5.41, 5.74) is 0.809. The van der Waals surface area contributed by atoms with Crippen LogP contribution in [0.1, 0.15) is 56.8 Å². The maximum absolute atomic E-state index is 12.9. The first-order valence-corrected chi connectivity index (χ1v) is 10.5. The Labute approximate surface area is 171 Å². The Morgan fingerprint density at radius 3 is 2.62 bits per heavy atom. The Bertz CT molecular complexity index is 844. The zero-order valence-electron chi connectivity index (χ0n) is 17.2. The first kappa shape index (κ1) is 19.7. The number of likely N-dealkylation sites (tertiary alicyclic amines) is 1. The fourth-order valence-electron chi connectivity index (χ4n) is 4.48. The highest BCUT2D eigenvalue weighted by molar-refractivity contribution is 5.79. The zero-order valence-corrected chi connectivity index (χ0v) is 17.2. The van der Waals surface area contributed by atoms with E-state index in [9.17, 15) is 4.79 Å². The van der Waals surface area contributed by atoms with Crippen molar-refractivity contribution in [2.75, 3.05) is 27.3 Å². The zero-order chi connectivity index (χ0) is 20.2. The monoisotopic (exact) mass is 399 g/mol. The summed E-state index contributed by atoms with van der Waals surface area (Å²) in [5, 5.41) is 4.17. The van der Waals surface area contributed by atoms with Crippen LogP contribution in [0.25, 0.3) is 11.4 Å². The minimum absolute atomic E-state index is 0.0951. The van der Waals surface area contributed by atoms with E-state index in [1.54, 1.807) is 14.2 Å². The summed E-state index contributed by atoms with van der Waals surface area (Å²) in [4.78, 5) is 19.6. The summed E-state index contributed by atoms with van der Waals surface area (Å²) in [6, 6.07) is 5.55. The number of piperidine rings is 1. The van der Waals surface area contributed by atoms with E-state index in [0.717, 1.165) is 37.8 Å². The Morgan fingerprint density at radius 2 is 1.86 bits per heavy atom. The molecule has 7 heteroatoms. The number of hydrogen-bond acceptors (Lipinski definition) is 6. The van der Waals surface area contributed by atoms with E-state index >= 15 is 0 Å². The fourth-order valence-corrected chi connectivity index (χ4v) is 4.48. The third kappa shape index (κ3) is 4.23. The van der Waals surface area contributed by atoms with Crippen molar-refractivity contribution in [3.63, 3.8) is 0 Å². The van der Waals surface area contributed by atoms with Crippen molar-refractivity contribution in [1.29, 1.82) is 0 Å². The Hall–Kier alpha value is -2.57. The average Bonchev–Trinajstić information content (AvgIpc) is 3.29. The van der Waals surface area contributed by atoms with Crippen LogP contribution in [-0.2, 0) is 4.79 Å². The molecule has 1 aromatic heterocycles. The van der Waals surface area contributed by atoms with E-state index in [2.05, 4.69) is 10.1 Å². The number of methoxy groups -OCH3 is 2. The molecule has 1 aliphatic heterocycles. The molecule has 1 unspecified atom stereocenters. The van der Waals surface area contributed by atoms with Crippen LogP contribution in [0.4, 0.5) is 0 Å². The van der Waals surface area contributed by atoms with Gasteiger partial charge in [-0.05, 0) is 43.9 Å². The first-order chi connectivity index (χ1) is 14.2. The van der Waals surface area contributed by atoms with Crippen molar-refractivity contribution < 1.29 is 18.8 Å². The number of rotatable bonds is 5. The van der Waals surface area contributed by atoms with Gasteiger partial charge in [0.1, 0.15) is 0 Å².